The number of amides is 1. The number of aromatic nitrogens is 3. The molecule has 24 heavy (non-hydrogen) atoms. The lowest BCUT2D eigenvalue weighted by Crippen LogP contribution is -2.15. The van der Waals surface area contributed by atoms with E-state index >= 15 is 0 Å². The van der Waals surface area contributed by atoms with Crippen molar-refractivity contribution < 1.29 is 4.79 Å². The summed E-state index contributed by atoms with van der Waals surface area (Å²) in [6, 6.07) is 3.04. The molecule has 128 valence electrons. The molecule has 1 amide bonds. The van der Waals surface area contributed by atoms with Crippen LogP contribution in [0.2, 0.25) is 15.1 Å². The Morgan fingerprint density at radius 2 is 1.96 bits per heavy atom. The van der Waals surface area contributed by atoms with Crippen molar-refractivity contribution in [2.45, 2.75) is 37.4 Å². The highest BCUT2D eigenvalue weighted by Crippen LogP contribution is 2.40. The van der Waals surface area contributed by atoms with E-state index in [-0.39, 0.29) is 11.7 Å². The van der Waals surface area contributed by atoms with Crippen molar-refractivity contribution in [3.05, 3.63) is 33.0 Å². The summed E-state index contributed by atoms with van der Waals surface area (Å²) in [5, 5.41) is 13.0. The molecule has 0 saturated heterocycles. The zero-order valence-electron chi connectivity index (χ0n) is 12.9. The number of anilines is 1. The lowest BCUT2D eigenvalue weighted by atomic mass is 10.3. The molecule has 5 nitrogen and oxygen atoms in total. The molecule has 1 N–H and O–H groups in total. The fraction of sp³-hybridized carbons (Fsp3) is 0.400. The molecule has 1 aliphatic rings. The number of benzene rings is 1. The van der Waals surface area contributed by atoms with Crippen LogP contribution in [0.5, 0.6) is 0 Å². The van der Waals surface area contributed by atoms with Crippen LogP contribution in [0.15, 0.2) is 17.3 Å². The van der Waals surface area contributed by atoms with Crippen LogP contribution >= 0.6 is 46.6 Å². The second-order valence-corrected chi connectivity index (χ2v) is 7.61. The maximum Gasteiger partial charge on any atom is 0.234 e. The average Bonchev–Trinajstić information content (AvgIpc) is 3.30. The Kier molecular flexibility index (Phi) is 5.59. The van der Waals surface area contributed by atoms with Crippen LogP contribution < -0.4 is 5.32 Å². The fourth-order valence-corrected chi connectivity index (χ4v) is 3.69. The second-order valence-electron chi connectivity index (χ2n) is 5.44. The van der Waals surface area contributed by atoms with E-state index < -0.39 is 0 Å². The monoisotopic (exact) mass is 404 g/mol. The van der Waals surface area contributed by atoms with Crippen LogP contribution in [0.1, 0.15) is 31.5 Å². The van der Waals surface area contributed by atoms with Gasteiger partial charge >= 0.3 is 0 Å². The first-order valence-electron chi connectivity index (χ1n) is 7.50. The van der Waals surface area contributed by atoms with Gasteiger partial charge in [0.2, 0.25) is 5.91 Å². The Bertz CT molecular complexity index is 776. The van der Waals surface area contributed by atoms with Crippen molar-refractivity contribution >= 4 is 58.2 Å². The molecule has 0 radical (unpaired) electrons. The number of rotatable bonds is 6. The zero-order chi connectivity index (χ0) is 17.3. The van der Waals surface area contributed by atoms with Crippen LogP contribution in [0.3, 0.4) is 0 Å². The zero-order valence-corrected chi connectivity index (χ0v) is 15.9. The third kappa shape index (κ3) is 3.99. The van der Waals surface area contributed by atoms with Crippen molar-refractivity contribution in [2.75, 3.05) is 11.1 Å². The molecule has 0 aliphatic heterocycles. The summed E-state index contributed by atoms with van der Waals surface area (Å²) in [6.45, 7) is 2.84. The summed E-state index contributed by atoms with van der Waals surface area (Å²) in [5.74, 6) is 1.56. The van der Waals surface area contributed by atoms with Gasteiger partial charge in [0.15, 0.2) is 5.16 Å². The highest BCUT2D eigenvalue weighted by Gasteiger charge is 2.30. The largest absolute Gasteiger partial charge is 0.324 e. The number of nitrogens with one attached hydrogen (secondary N) is 1. The summed E-state index contributed by atoms with van der Waals surface area (Å²) in [4.78, 5) is 12.2. The van der Waals surface area contributed by atoms with Gasteiger partial charge in [-0.25, -0.2) is 0 Å². The summed E-state index contributed by atoms with van der Waals surface area (Å²) < 4.78 is 2.07. The minimum atomic E-state index is -0.195. The average molecular weight is 406 g/mol. The lowest BCUT2D eigenvalue weighted by molar-refractivity contribution is -0.113. The third-order valence-corrected chi connectivity index (χ3v) is 5.62. The maximum atomic E-state index is 12.2. The van der Waals surface area contributed by atoms with Gasteiger partial charge in [0.05, 0.1) is 26.5 Å². The van der Waals surface area contributed by atoms with Crippen molar-refractivity contribution in [3.63, 3.8) is 0 Å². The molecule has 1 saturated carbocycles. The van der Waals surface area contributed by atoms with Crippen LogP contribution in [0.4, 0.5) is 5.69 Å². The molecule has 1 heterocycles. The third-order valence-electron chi connectivity index (χ3n) is 3.62. The van der Waals surface area contributed by atoms with Gasteiger partial charge in [0.1, 0.15) is 5.82 Å². The molecule has 0 unspecified atom stereocenters. The highest BCUT2D eigenvalue weighted by atomic mass is 35.5. The van der Waals surface area contributed by atoms with Gasteiger partial charge < -0.3 is 9.88 Å². The summed E-state index contributed by atoms with van der Waals surface area (Å²) in [7, 11) is 0. The lowest BCUT2D eigenvalue weighted by Gasteiger charge is -2.09. The molecule has 1 aliphatic carbocycles. The number of halogens is 3. The molecule has 9 heteroatoms. The SMILES string of the molecule is CCn1c(SCC(=O)Nc2cc(Cl)c(Cl)cc2Cl)nnc1C1CC1. The summed E-state index contributed by atoms with van der Waals surface area (Å²) in [5.41, 5.74) is 0.437. The van der Waals surface area contributed by atoms with Crippen LogP contribution in [0.25, 0.3) is 0 Å². The fourth-order valence-electron chi connectivity index (χ4n) is 2.28. The summed E-state index contributed by atoms with van der Waals surface area (Å²) >= 11 is 19.2. The van der Waals surface area contributed by atoms with E-state index in [4.69, 9.17) is 34.8 Å². The van der Waals surface area contributed by atoms with Crippen molar-refractivity contribution in [1.29, 1.82) is 0 Å². The van der Waals surface area contributed by atoms with Crippen LogP contribution in [-0.4, -0.2) is 26.4 Å². The van der Waals surface area contributed by atoms with Gasteiger partial charge in [-0.05, 0) is 31.9 Å². The predicted molar refractivity (Wildman–Crippen MR) is 98.5 cm³/mol. The Morgan fingerprint density at radius 3 is 2.62 bits per heavy atom. The van der Waals surface area contributed by atoms with Crippen LogP contribution in [-0.2, 0) is 11.3 Å². The predicted octanol–water partition coefficient (Wildman–Crippen LogP) is 4.87. The number of carbonyl (C=O) groups is 1. The van der Waals surface area contributed by atoms with Gasteiger partial charge in [-0.2, -0.15) is 0 Å². The number of thioether (sulfide) groups is 1. The molecular weight excluding hydrogens is 391 g/mol. The first-order chi connectivity index (χ1) is 11.5. The summed E-state index contributed by atoms with van der Waals surface area (Å²) in [6.07, 6.45) is 2.33. The van der Waals surface area contributed by atoms with Gasteiger partial charge in [-0.15, -0.1) is 10.2 Å². The molecule has 1 aromatic carbocycles. The minimum Gasteiger partial charge on any atom is -0.324 e. The molecule has 2 aromatic rings. The number of hydrogen-bond acceptors (Lipinski definition) is 4. The Hall–Kier alpha value is -0.950. The molecule has 0 atom stereocenters. The number of hydrogen-bond donors (Lipinski definition) is 1. The Morgan fingerprint density at radius 1 is 1.25 bits per heavy atom. The van der Waals surface area contributed by atoms with Gasteiger partial charge in [0.25, 0.3) is 0 Å². The Balaban J connectivity index is 1.63. The van der Waals surface area contributed by atoms with Gasteiger partial charge in [-0.3, -0.25) is 4.79 Å². The molecular formula is C15H15Cl3N4OS. The molecule has 3 rings (SSSR count). The smallest absolute Gasteiger partial charge is 0.234 e. The molecule has 0 spiro atoms. The maximum absolute atomic E-state index is 12.2. The molecule has 0 bridgehead atoms. The minimum absolute atomic E-state index is 0.195. The standard InChI is InChI=1S/C15H15Cl3N4OS/c1-2-22-14(8-3-4-8)20-21-15(22)24-7-13(23)19-12-6-10(17)9(16)5-11(12)18/h5-6,8H,2-4,7H2,1H3,(H,19,23). The van der Waals surface area contributed by atoms with E-state index in [0.717, 1.165) is 17.5 Å². The first kappa shape index (κ1) is 17.9. The van der Waals surface area contributed by atoms with Crippen LogP contribution in [0, 0.1) is 0 Å². The van der Waals surface area contributed by atoms with E-state index in [2.05, 4.69) is 27.0 Å². The topological polar surface area (TPSA) is 59.8 Å². The Labute approximate surface area is 159 Å². The normalized spacial score (nSPS) is 14.0. The molecule has 1 fully saturated rings. The quantitative estimate of drug-likeness (QED) is 0.550. The number of nitrogens with zero attached hydrogens (tertiary/aromatic N) is 3. The van der Waals surface area contributed by atoms with E-state index in [1.165, 1.54) is 36.7 Å². The van der Waals surface area contributed by atoms with Crippen molar-refractivity contribution in [3.8, 4) is 0 Å². The first-order valence-corrected chi connectivity index (χ1v) is 9.61. The number of carbonyl (C=O) groups excluding carboxylic acids is 1. The second kappa shape index (κ2) is 7.52. The van der Waals surface area contributed by atoms with Gasteiger partial charge in [-0.1, -0.05) is 46.6 Å². The van der Waals surface area contributed by atoms with E-state index in [9.17, 15) is 4.79 Å². The highest BCUT2D eigenvalue weighted by molar-refractivity contribution is 7.99. The van der Waals surface area contributed by atoms with Gasteiger partial charge in [0, 0.05) is 12.5 Å². The molecule has 1 aromatic heterocycles. The van der Waals surface area contributed by atoms with E-state index in [1.807, 2.05) is 0 Å². The van der Waals surface area contributed by atoms with Crippen molar-refractivity contribution in [2.24, 2.45) is 0 Å². The van der Waals surface area contributed by atoms with E-state index in [1.54, 1.807) is 0 Å². The van der Waals surface area contributed by atoms with Crippen molar-refractivity contribution in [1.82, 2.24) is 14.8 Å². The van der Waals surface area contributed by atoms with E-state index in [0.29, 0.717) is 26.7 Å².